The summed E-state index contributed by atoms with van der Waals surface area (Å²) in [5.74, 6) is 1.07. The molecule has 0 saturated heterocycles. The average molecular weight is 141 g/mol. The van der Waals surface area contributed by atoms with Gasteiger partial charge in [0.15, 0.2) is 0 Å². The highest BCUT2D eigenvalue weighted by molar-refractivity contribution is 4.76. The summed E-state index contributed by atoms with van der Waals surface area (Å²) in [6.45, 7) is 4.22. The molecule has 2 N–H and O–H groups in total. The smallest absolute Gasteiger partial charge is 0.00970 e. The van der Waals surface area contributed by atoms with Gasteiger partial charge in [-0.3, -0.25) is 0 Å². The Morgan fingerprint density at radius 3 is 2.40 bits per heavy atom. The van der Waals surface area contributed by atoms with Crippen molar-refractivity contribution < 1.29 is 0 Å². The van der Waals surface area contributed by atoms with Gasteiger partial charge in [0.25, 0.3) is 0 Å². The van der Waals surface area contributed by atoms with E-state index in [1.54, 1.807) is 0 Å². The quantitative estimate of drug-likeness (QED) is 0.638. The normalized spacial score (nSPS) is 19.5. The molecule has 0 bridgehead atoms. The van der Waals surface area contributed by atoms with Crippen molar-refractivity contribution in [3.63, 3.8) is 0 Å². The summed E-state index contributed by atoms with van der Waals surface area (Å²) in [6, 6.07) is 0. The van der Waals surface area contributed by atoms with Gasteiger partial charge in [-0.25, -0.2) is 0 Å². The van der Waals surface area contributed by atoms with Gasteiger partial charge in [-0.1, -0.05) is 25.7 Å². The molecule has 10 heavy (non-hydrogen) atoms. The van der Waals surface area contributed by atoms with Crippen molar-refractivity contribution in [2.75, 3.05) is 0 Å². The Bertz CT molecular complexity index is 97.8. The van der Waals surface area contributed by atoms with Crippen LogP contribution in [0.15, 0.2) is 0 Å². The van der Waals surface area contributed by atoms with E-state index in [-0.39, 0.29) is 5.54 Å². The van der Waals surface area contributed by atoms with Gasteiger partial charge in [0.1, 0.15) is 0 Å². The molecule has 1 heteroatoms. The third kappa shape index (κ3) is 3.89. The first-order valence-corrected chi connectivity index (χ1v) is 4.37. The van der Waals surface area contributed by atoms with Crippen LogP contribution in [0.5, 0.6) is 0 Å². The molecule has 60 valence electrons. The minimum absolute atomic E-state index is 0.0644. The summed E-state index contributed by atoms with van der Waals surface area (Å²) >= 11 is 0. The first kappa shape index (κ1) is 8.06. The van der Waals surface area contributed by atoms with Crippen LogP contribution in [-0.4, -0.2) is 5.54 Å². The molecule has 1 rings (SSSR count). The fourth-order valence-corrected chi connectivity index (χ4v) is 1.25. The summed E-state index contributed by atoms with van der Waals surface area (Å²) in [5, 5.41) is 0. The van der Waals surface area contributed by atoms with Crippen molar-refractivity contribution in [3.8, 4) is 0 Å². The molecule has 1 nitrogen and oxygen atoms in total. The van der Waals surface area contributed by atoms with Crippen LogP contribution in [0, 0.1) is 5.92 Å². The maximum Gasteiger partial charge on any atom is 0.00970 e. The molecule has 1 saturated carbocycles. The summed E-state index contributed by atoms with van der Waals surface area (Å²) in [5.41, 5.74) is 5.91. The molecule has 0 heterocycles. The lowest BCUT2D eigenvalue weighted by molar-refractivity contribution is 0.442. The van der Waals surface area contributed by atoms with E-state index in [9.17, 15) is 0 Å². The van der Waals surface area contributed by atoms with E-state index in [2.05, 4.69) is 13.8 Å². The highest BCUT2D eigenvalue weighted by atomic mass is 14.7. The van der Waals surface area contributed by atoms with Gasteiger partial charge in [-0.05, 0) is 26.2 Å². The predicted octanol–water partition coefficient (Wildman–Crippen LogP) is 2.30. The van der Waals surface area contributed by atoms with Crippen LogP contribution in [0.3, 0.4) is 0 Å². The molecular formula is C9H19N. The van der Waals surface area contributed by atoms with Crippen molar-refractivity contribution in [2.24, 2.45) is 11.7 Å². The molecule has 1 aliphatic rings. The van der Waals surface area contributed by atoms with Crippen molar-refractivity contribution >= 4 is 0 Å². The Labute approximate surface area is 64.0 Å². The Balaban J connectivity index is 1.93. The topological polar surface area (TPSA) is 26.0 Å². The molecular weight excluding hydrogens is 122 g/mol. The van der Waals surface area contributed by atoms with E-state index < -0.39 is 0 Å². The van der Waals surface area contributed by atoms with Crippen LogP contribution in [0.2, 0.25) is 0 Å². The summed E-state index contributed by atoms with van der Waals surface area (Å²) in [4.78, 5) is 0. The highest BCUT2D eigenvalue weighted by Crippen LogP contribution is 2.34. The minimum atomic E-state index is 0.0644. The van der Waals surface area contributed by atoms with Crippen molar-refractivity contribution in [1.82, 2.24) is 0 Å². The molecule has 0 unspecified atom stereocenters. The van der Waals surface area contributed by atoms with Crippen LogP contribution in [-0.2, 0) is 0 Å². The minimum Gasteiger partial charge on any atom is -0.326 e. The maximum atomic E-state index is 5.84. The van der Waals surface area contributed by atoms with E-state index in [0.29, 0.717) is 0 Å². The monoisotopic (exact) mass is 141 g/mol. The summed E-state index contributed by atoms with van der Waals surface area (Å²) < 4.78 is 0. The summed E-state index contributed by atoms with van der Waals surface area (Å²) in [7, 11) is 0. The molecule has 1 fully saturated rings. The molecule has 0 radical (unpaired) electrons. The predicted molar refractivity (Wildman–Crippen MR) is 44.8 cm³/mol. The third-order valence-electron chi connectivity index (χ3n) is 2.13. The molecule has 0 aromatic heterocycles. The zero-order chi connectivity index (χ0) is 7.61. The molecule has 0 aromatic carbocycles. The molecule has 0 amide bonds. The van der Waals surface area contributed by atoms with Gasteiger partial charge in [-0.2, -0.15) is 0 Å². The van der Waals surface area contributed by atoms with Gasteiger partial charge < -0.3 is 5.73 Å². The lowest BCUT2D eigenvalue weighted by Gasteiger charge is -2.17. The molecule has 0 aliphatic heterocycles. The SMILES string of the molecule is CC(C)(N)CCCC1CC1. The first-order chi connectivity index (χ1) is 4.58. The fraction of sp³-hybridized carbons (Fsp3) is 1.00. The lowest BCUT2D eigenvalue weighted by atomic mass is 9.98. The van der Waals surface area contributed by atoms with Gasteiger partial charge in [-0.15, -0.1) is 0 Å². The Morgan fingerprint density at radius 2 is 2.00 bits per heavy atom. The number of nitrogens with two attached hydrogens (primary N) is 1. The Hall–Kier alpha value is -0.0400. The third-order valence-corrected chi connectivity index (χ3v) is 2.13. The molecule has 0 atom stereocenters. The van der Waals surface area contributed by atoms with Crippen molar-refractivity contribution in [2.45, 2.75) is 51.5 Å². The van der Waals surface area contributed by atoms with Crippen LogP contribution in [0.4, 0.5) is 0 Å². The Morgan fingerprint density at radius 1 is 1.40 bits per heavy atom. The first-order valence-electron chi connectivity index (χ1n) is 4.37. The van der Waals surface area contributed by atoms with Crippen LogP contribution in [0.25, 0.3) is 0 Å². The van der Waals surface area contributed by atoms with Crippen molar-refractivity contribution in [1.29, 1.82) is 0 Å². The Kier molecular flexibility index (Phi) is 2.35. The van der Waals surface area contributed by atoms with Gasteiger partial charge in [0, 0.05) is 5.54 Å². The molecule has 0 aromatic rings. The van der Waals surface area contributed by atoms with Crippen LogP contribution in [0.1, 0.15) is 46.0 Å². The molecule has 1 aliphatic carbocycles. The van der Waals surface area contributed by atoms with Gasteiger partial charge >= 0.3 is 0 Å². The zero-order valence-corrected chi connectivity index (χ0v) is 7.19. The van der Waals surface area contributed by atoms with E-state index in [4.69, 9.17) is 5.73 Å². The number of rotatable bonds is 4. The molecule has 0 spiro atoms. The second kappa shape index (κ2) is 2.91. The highest BCUT2D eigenvalue weighted by Gasteiger charge is 2.21. The second-order valence-corrected chi connectivity index (χ2v) is 4.32. The second-order valence-electron chi connectivity index (χ2n) is 4.32. The largest absolute Gasteiger partial charge is 0.326 e. The fourth-order valence-electron chi connectivity index (χ4n) is 1.25. The summed E-state index contributed by atoms with van der Waals surface area (Å²) in [6.07, 6.45) is 6.88. The van der Waals surface area contributed by atoms with Gasteiger partial charge in [0.2, 0.25) is 0 Å². The van der Waals surface area contributed by atoms with E-state index >= 15 is 0 Å². The van der Waals surface area contributed by atoms with E-state index in [1.165, 1.54) is 32.1 Å². The van der Waals surface area contributed by atoms with E-state index in [0.717, 1.165) is 5.92 Å². The van der Waals surface area contributed by atoms with Gasteiger partial charge in [0.05, 0.1) is 0 Å². The zero-order valence-electron chi connectivity index (χ0n) is 7.19. The standard InChI is InChI=1S/C9H19N/c1-9(2,10)7-3-4-8-5-6-8/h8H,3-7,10H2,1-2H3. The average Bonchev–Trinajstić information content (AvgIpc) is 2.45. The number of hydrogen-bond acceptors (Lipinski definition) is 1. The number of hydrogen-bond donors (Lipinski definition) is 1. The van der Waals surface area contributed by atoms with E-state index in [1.807, 2.05) is 0 Å². The lowest BCUT2D eigenvalue weighted by Crippen LogP contribution is -2.31. The van der Waals surface area contributed by atoms with Crippen LogP contribution < -0.4 is 5.73 Å². The van der Waals surface area contributed by atoms with Crippen molar-refractivity contribution in [3.05, 3.63) is 0 Å². The van der Waals surface area contributed by atoms with Crippen LogP contribution >= 0.6 is 0 Å². The maximum absolute atomic E-state index is 5.84.